The fourth-order valence-electron chi connectivity index (χ4n) is 0.648. The number of carboxylic acids is 1. The minimum atomic E-state index is -1.15. The summed E-state index contributed by atoms with van der Waals surface area (Å²) < 4.78 is 6.89. The van der Waals surface area contributed by atoms with Gasteiger partial charge in [0.1, 0.15) is 14.1 Å². The molecule has 0 saturated heterocycles. The molecular weight excluding hydrogens is 206 g/mol. The Labute approximate surface area is 91.0 Å². The summed E-state index contributed by atoms with van der Waals surface area (Å²) in [5.74, 6) is -1.03. The summed E-state index contributed by atoms with van der Waals surface area (Å²) in [5, 5.41) is 8.95. The van der Waals surface area contributed by atoms with Crippen LogP contribution in [0.4, 0.5) is 0 Å². The Kier molecular flexibility index (Phi) is 6.56. The van der Waals surface area contributed by atoms with Crippen molar-refractivity contribution in [2.45, 2.75) is 26.4 Å². The van der Waals surface area contributed by atoms with Gasteiger partial charge in [0.2, 0.25) is 5.60 Å². The van der Waals surface area contributed by atoms with Gasteiger partial charge in [-0.1, -0.05) is 13.8 Å². The molecule has 14 heavy (non-hydrogen) atoms. The van der Waals surface area contributed by atoms with Gasteiger partial charge in [0.25, 0.3) is 0 Å². The maximum Gasteiger partial charge on any atom is 0.348 e. The van der Waals surface area contributed by atoms with Crippen LogP contribution in [0, 0.1) is 5.92 Å². The van der Waals surface area contributed by atoms with E-state index in [1.807, 2.05) is 13.8 Å². The number of carboxylic acid groups (broad SMARTS) is 1. The Morgan fingerprint density at radius 1 is 1.50 bits per heavy atom. The van der Waals surface area contributed by atoms with Gasteiger partial charge in [-0.25, -0.2) is 9.37 Å². The molecule has 0 aromatic heterocycles. The van der Waals surface area contributed by atoms with Crippen LogP contribution in [0.15, 0.2) is 0 Å². The van der Waals surface area contributed by atoms with E-state index in [2.05, 4.69) is 0 Å². The molecule has 0 amide bonds. The lowest BCUT2D eigenvalue weighted by atomic mass is 9.92. The predicted octanol–water partition coefficient (Wildman–Crippen LogP) is -2.19. The second kappa shape index (κ2) is 5.86. The topological polar surface area (TPSA) is 49.5 Å². The van der Waals surface area contributed by atoms with E-state index in [9.17, 15) is 4.79 Å². The smallest absolute Gasteiger partial charge is 0.348 e. The maximum absolute atomic E-state index is 10.9. The molecule has 4 nitrogen and oxygen atoms in total. The number of hydrogen-bond donors (Lipinski definition) is 1. The second-order valence-corrected chi connectivity index (χ2v) is 3.75. The molecule has 0 aromatic carbocycles. The van der Waals surface area contributed by atoms with Crippen molar-refractivity contribution in [3.63, 3.8) is 0 Å². The monoisotopic (exact) mass is 223 g/mol. The Balaban J connectivity index is 0. The number of halogens is 1. The van der Waals surface area contributed by atoms with Crippen LogP contribution in [0.1, 0.15) is 20.8 Å². The van der Waals surface area contributed by atoms with Crippen LogP contribution >= 0.6 is 0 Å². The van der Waals surface area contributed by atoms with Crippen molar-refractivity contribution < 1.29 is 31.6 Å². The van der Waals surface area contributed by atoms with E-state index in [-0.39, 0.29) is 18.3 Å². The van der Waals surface area contributed by atoms with E-state index in [0.29, 0.717) is 0 Å². The zero-order chi connectivity index (χ0) is 10.6. The summed E-state index contributed by atoms with van der Waals surface area (Å²) in [7, 11) is 3.56. The van der Waals surface area contributed by atoms with Crippen molar-refractivity contribution in [2.75, 3.05) is 14.1 Å². The first kappa shape index (κ1) is 15.7. The lowest BCUT2D eigenvalue weighted by molar-refractivity contribution is -0.469. The molecule has 0 aliphatic rings. The summed E-state index contributed by atoms with van der Waals surface area (Å²) >= 11 is 0. The Hall–Kier alpha value is -0.770. The molecule has 0 fully saturated rings. The van der Waals surface area contributed by atoms with E-state index >= 15 is 0 Å². The van der Waals surface area contributed by atoms with Crippen LogP contribution in [0.3, 0.4) is 0 Å². The minimum absolute atomic E-state index is 0. The number of nitrogens with zero attached hydrogens (tertiary/aromatic N) is 1. The summed E-state index contributed by atoms with van der Waals surface area (Å²) in [4.78, 5) is 10.9. The molecule has 0 heterocycles. The first-order valence-electron chi connectivity index (χ1n) is 4.21. The minimum Gasteiger partial charge on any atom is -1.00 e. The highest BCUT2D eigenvalue weighted by Crippen LogP contribution is 2.20. The van der Waals surface area contributed by atoms with Gasteiger partial charge in [0, 0.05) is 5.92 Å². The van der Waals surface area contributed by atoms with Gasteiger partial charge < -0.3 is 22.3 Å². The number of aliphatic carboxylic acids is 1. The van der Waals surface area contributed by atoms with Crippen molar-refractivity contribution in [3.8, 4) is 0 Å². The Morgan fingerprint density at radius 2 is 1.93 bits per heavy atom. The molecule has 0 bridgehead atoms. The quantitative estimate of drug-likeness (QED) is 0.335. The van der Waals surface area contributed by atoms with Crippen LogP contribution in [0.5, 0.6) is 0 Å². The fourth-order valence-corrected chi connectivity index (χ4v) is 0.648. The van der Waals surface area contributed by atoms with Gasteiger partial charge in [-0.3, -0.25) is 0 Å². The molecule has 1 atom stereocenters. The molecule has 0 aliphatic carbocycles. The summed E-state index contributed by atoms with van der Waals surface area (Å²) in [5.41, 5.74) is -1.15. The average molecular weight is 224 g/mol. The zero-order valence-electron chi connectivity index (χ0n) is 9.24. The standard InChI is InChI=1S/C9H17NO3.ClH/c1-7(2)9(3,8(11)12)13-6-10(4)5;/h6-7H,1-5H3;1H. The third-order valence-corrected chi connectivity index (χ3v) is 2.03. The van der Waals surface area contributed by atoms with Gasteiger partial charge in [-0.2, -0.15) is 0 Å². The number of hydrogen-bond acceptors (Lipinski definition) is 2. The molecule has 0 saturated carbocycles. The fraction of sp³-hybridized carbons (Fsp3) is 0.778. The largest absolute Gasteiger partial charge is 1.00 e. The van der Waals surface area contributed by atoms with Crippen molar-refractivity contribution in [2.24, 2.45) is 5.92 Å². The molecule has 0 radical (unpaired) electrons. The molecular formula is C9H18ClNO3. The Morgan fingerprint density at radius 3 is 2.14 bits per heavy atom. The Bertz CT molecular complexity index is 224. The second-order valence-electron chi connectivity index (χ2n) is 3.75. The van der Waals surface area contributed by atoms with Crippen molar-refractivity contribution in [1.82, 2.24) is 0 Å². The van der Waals surface area contributed by atoms with E-state index < -0.39 is 11.6 Å². The highest BCUT2D eigenvalue weighted by molar-refractivity contribution is 5.78. The molecule has 0 aliphatic heterocycles. The normalized spacial score (nSPS) is 13.9. The van der Waals surface area contributed by atoms with E-state index in [0.717, 1.165) is 0 Å². The molecule has 84 valence electrons. The molecule has 5 heteroatoms. The van der Waals surface area contributed by atoms with Crippen LogP contribution in [-0.4, -0.2) is 41.7 Å². The van der Waals surface area contributed by atoms with Gasteiger partial charge in [-0.05, 0) is 6.92 Å². The van der Waals surface area contributed by atoms with Crippen LogP contribution in [0.2, 0.25) is 0 Å². The molecule has 0 spiro atoms. The molecule has 0 rings (SSSR count). The van der Waals surface area contributed by atoms with Gasteiger partial charge in [0.15, 0.2) is 0 Å². The van der Waals surface area contributed by atoms with E-state index in [4.69, 9.17) is 9.84 Å². The van der Waals surface area contributed by atoms with E-state index in [1.165, 1.54) is 6.40 Å². The number of carbonyl (C=O) groups is 1. The maximum atomic E-state index is 10.9. The highest BCUT2D eigenvalue weighted by Gasteiger charge is 2.39. The van der Waals surface area contributed by atoms with Crippen molar-refractivity contribution in [3.05, 3.63) is 0 Å². The highest BCUT2D eigenvalue weighted by atomic mass is 35.5. The predicted molar refractivity (Wildman–Crippen MR) is 50.1 cm³/mol. The average Bonchev–Trinajstić information content (AvgIpc) is 1.99. The van der Waals surface area contributed by atoms with Gasteiger partial charge in [0.05, 0.1) is 0 Å². The number of rotatable bonds is 4. The van der Waals surface area contributed by atoms with Crippen LogP contribution in [-0.2, 0) is 9.53 Å². The first-order chi connectivity index (χ1) is 5.80. The lowest BCUT2D eigenvalue weighted by Crippen LogP contribution is -3.00. The van der Waals surface area contributed by atoms with Crippen molar-refractivity contribution >= 4 is 12.4 Å². The van der Waals surface area contributed by atoms with Crippen LogP contribution < -0.4 is 12.4 Å². The third kappa shape index (κ3) is 3.96. The third-order valence-electron chi connectivity index (χ3n) is 2.03. The lowest BCUT2D eigenvalue weighted by Gasteiger charge is -2.26. The van der Waals surface area contributed by atoms with Gasteiger partial charge in [-0.15, -0.1) is 0 Å². The van der Waals surface area contributed by atoms with Crippen molar-refractivity contribution in [1.29, 1.82) is 0 Å². The molecule has 0 aromatic rings. The SMILES string of the molecule is CC(C)C(C)(OC=[N+](C)C)C(=O)O.[Cl-]. The summed E-state index contributed by atoms with van der Waals surface area (Å²) in [6, 6.07) is 0. The molecule has 1 unspecified atom stereocenters. The summed E-state index contributed by atoms with van der Waals surface area (Å²) in [6.45, 7) is 5.20. The first-order valence-corrected chi connectivity index (χ1v) is 4.21. The zero-order valence-corrected chi connectivity index (χ0v) is 10.00. The number of ether oxygens (including phenoxy) is 1. The van der Waals surface area contributed by atoms with Gasteiger partial charge >= 0.3 is 12.4 Å². The van der Waals surface area contributed by atoms with E-state index in [1.54, 1.807) is 25.6 Å². The molecule has 1 N–H and O–H groups in total. The van der Waals surface area contributed by atoms with Crippen LogP contribution in [0.25, 0.3) is 0 Å². The summed E-state index contributed by atoms with van der Waals surface area (Å²) in [6.07, 6.45) is 1.41.